The number of rotatable bonds is 2. The number of nitrogens with zero attached hydrogens (tertiary/aromatic N) is 1. The van der Waals surface area contributed by atoms with E-state index < -0.39 is 0 Å². The van der Waals surface area contributed by atoms with Crippen LogP contribution in [0, 0.1) is 5.92 Å². The molecule has 2 nitrogen and oxygen atoms in total. The van der Waals surface area contributed by atoms with Gasteiger partial charge in [0.2, 0.25) is 0 Å². The highest BCUT2D eigenvalue weighted by atomic mass is 127. The van der Waals surface area contributed by atoms with Gasteiger partial charge < -0.3 is 33.6 Å². The normalized spacial score (nSPS) is 29.5. The van der Waals surface area contributed by atoms with Gasteiger partial charge in [-0.3, -0.25) is 0 Å². The van der Waals surface area contributed by atoms with Crippen molar-refractivity contribution in [3.63, 3.8) is 0 Å². The second kappa shape index (κ2) is 5.51. The molecule has 1 rings (SSSR count). The fourth-order valence-corrected chi connectivity index (χ4v) is 2.20. The van der Waals surface area contributed by atoms with Crippen LogP contribution in [0.1, 0.15) is 25.7 Å². The Bertz CT molecular complexity index is 144. The molecule has 1 aliphatic rings. The van der Waals surface area contributed by atoms with Crippen molar-refractivity contribution in [1.82, 2.24) is 0 Å². The van der Waals surface area contributed by atoms with Crippen LogP contribution in [-0.2, 0) is 0 Å². The first-order valence-corrected chi connectivity index (χ1v) is 4.96. The van der Waals surface area contributed by atoms with Gasteiger partial charge in [0.1, 0.15) is 0 Å². The van der Waals surface area contributed by atoms with Crippen molar-refractivity contribution in [2.45, 2.75) is 31.8 Å². The SMILES string of the molecule is C[N+](C)(C)C[C@H]1CCC[C@H](O)C1.[I-]. The molecule has 1 saturated carbocycles. The average molecular weight is 299 g/mol. The second-order valence-electron chi connectivity index (χ2n) is 5.16. The molecule has 0 bridgehead atoms. The van der Waals surface area contributed by atoms with Crippen molar-refractivity contribution >= 4 is 0 Å². The van der Waals surface area contributed by atoms with Gasteiger partial charge in [-0.2, -0.15) is 0 Å². The number of aliphatic hydroxyl groups is 1. The van der Waals surface area contributed by atoms with Gasteiger partial charge >= 0.3 is 0 Å². The van der Waals surface area contributed by atoms with E-state index in [1.165, 1.54) is 19.4 Å². The molecule has 0 radical (unpaired) electrons. The molecule has 0 amide bonds. The first-order chi connectivity index (χ1) is 5.47. The van der Waals surface area contributed by atoms with E-state index in [1.54, 1.807) is 0 Å². The zero-order valence-electron chi connectivity index (χ0n) is 8.96. The number of halogens is 1. The van der Waals surface area contributed by atoms with Crippen LogP contribution in [0.3, 0.4) is 0 Å². The summed E-state index contributed by atoms with van der Waals surface area (Å²) in [5, 5.41) is 9.47. The summed E-state index contributed by atoms with van der Waals surface area (Å²) in [6.45, 7) is 1.21. The minimum atomic E-state index is -0.0182. The lowest BCUT2D eigenvalue weighted by molar-refractivity contribution is -0.874. The maximum Gasteiger partial charge on any atom is 0.0809 e. The standard InChI is InChI=1S/C10H22NO.HI/c1-11(2,3)8-9-5-4-6-10(12)7-9;/h9-10,12H,4-8H2,1-3H3;1H/q+1;/p-1/t9-,10-;/m0./s1. The molecule has 2 atom stereocenters. The van der Waals surface area contributed by atoms with E-state index >= 15 is 0 Å². The minimum absolute atomic E-state index is 0. The van der Waals surface area contributed by atoms with Crippen molar-refractivity contribution in [3.05, 3.63) is 0 Å². The van der Waals surface area contributed by atoms with Crippen molar-refractivity contribution < 1.29 is 33.6 Å². The van der Waals surface area contributed by atoms with Crippen LogP contribution in [0.4, 0.5) is 0 Å². The molecule has 1 fully saturated rings. The highest BCUT2D eigenvalue weighted by Crippen LogP contribution is 2.25. The van der Waals surface area contributed by atoms with Gasteiger partial charge in [-0.25, -0.2) is 0 Å². The van der Waals surface area contributed by atoms with Gasteiger partial charge in [0, 0.05) is 5.92 Å². The van der Waals surface area contributed by atoms with E-state index in [9.17, 15) is 5.11 Å². The Morgan fingerprint density at radius 3 is 2.31 bits per heavy atom. The largest absolute Gasteiger partial charge is 1.00 e. The van der Waals surface area contributed by atoms with Crippen LogP contribution in [0.15, 0.2) is 0 Å². The fourth-order valence-electron chi connectivity index (χ4n) is 2.20. The fraction of sp³-hybridized carbons (Fsp3) is 1.00. The Hall–Kier alpha value is 0.650. The third-order valence-electron chi connectivity index (χ3n) is 2.56. The summed E-state index contributed by atoms with van der Waals surface area (Å²) in [4.78, 5) is 0. The molecule has 0 spiro atoms. The van der Waals surface area contributed by atoms with Crippen LogP contribution in [0.2, 0.25) is 0 Å². The van der Waals surface area contributed by atoms with Crippen LogP contribution < -0.4 is 24.0 Å². The summed E-state index contributed by atoms with van der Waals surface area (Å²) in [6.07, 6.45) is 4.55. The molecule has 0 heterocycles. The Morgan fingerprint density at radius 2 is 1.85 bits per heavy atom. The molecule has 0 unspecified atom stereocenters. The summed E-state index contributed by atoms with van der Waals surface area (Å²) in [5.41, 5.74) is 0. The highest BCUT2D eigenvalue weighted by molar-refractivity contribution is 4.71. The smallest absolute Gasteiger partial charge is 0.0809 e. The molecule has 0 saturated heterocycles. The number of quaternary nitrogens is 1. The highest BCUT2D eigenvalue weighted by Gasteiger charge is 2.24. The molecule has 80 valence electrons. The van der Waals surface area contributed by atoms with E-state index in [1.807, 2.05) is 0 Å². The van der Waals surface area contributed by atoms with Crippen LogP contribution in [0.25, 0.3) is 0 Å². The zero-order valence-corrected chi connectivity index (χ0v) is 11.1. The molecule has 0 aliphatic heterocycles. The Labute approximate surface area is 98.9 Å². The maximum absolute atomic E-state index is 9.47. The first kappa shape index (κ1) is 13.7. The molecule has 1 N–H and O–H groups in total. The summed E-state index contributed by atoms with van der Waals surface area (Å²) in [7, 11) is 6.67. The molecule has 3 heteroatoms. The van der Waals surface area contributed by atoms with Gasteiger partial charge in [0.15, 0.2) is 0 Å². The molecular formula is C10H22INO. The summed E-state index contributed by atoms with van der Waals surface area (Å²) in [5.74, 6) is 0.744. The zero-order chi connectivity index (χ0) is 9.19. The van der Waals surface area contributed by atoms with Gasteiger partial charge in [0.05, 0.1) is 33.8 Å². The van der Waals surface area contributed by atoms with Gasteiger partial charge in [0.25, 0.3) is 0 Å². The lowest BCUT2D eigenvalue weighted by Gasteiger charge is -2.32. The molecule has 13 heavy (non-hydrogen) atoms. The number of hydrogen-bond acceptors (Lipinski definition) is 1. The van der Waals surface area contributed by atoms with Crippen LogP contribution >= 0.6 is 0 Å². The predicted octanol–water partition coefficient (Wildman–Crippen LogP) is -1.75. The van der Waals surface area contributed by atoms with Crippen molar-refractivity contribution in [1.29, 1.82) is 0 Å². The molecule has 0 aromatic carbocycles. The van der Waals surface area contributed by atoms with E-state index in [2.05, 4.69) is 21.1 Å². The van der Waals surface area contributed by atoms with Crippen molar-refractivity contribution in [2.24, 2.45) is 5.92 Å². The van der Waals surface area contributed by atoms with E-state index in [0.717, 1.165) is 23.2 Å². The number of aliphatic hydroxyl groups excluding tert-OH is 1. The summed E-state index contributed by atoms with van der Waals surface area (Å²) >= 11 is 0. The second-order valence-corrected chi connectivity index (χ2v) is 5.16. The predicted molar refractivity (Wildman–Crippen MR) is 50.9 cm³/mol. The van der Waals surface area contributed by atoms with Crippen molar-refractivity contribution in [2.75, 3.05) is 27.7 Å². The Morgan fingerprint density at radius 1 is 1.23 bits per heavy atom. The summed E-state index contributed by atoms with van der Waals surface area (Å²) < 4.78 is 1.03. The molecule has 0 aromatic rings. The average Bonchev–Trinajstić information content (AvgIpc) is 1.82. The van der Waals surface area contributed by atoms with Gasteiger partial charge in [-0.05, 0) is 19.3 Å². The third kappa shape index (κ3) is 5.86. The topological polar surface area (TPSA) is 20.2 Å². The Kier molecular flexibility index (Phi) is 5.79. The molecular weight excluding hydrogens is 277 g/mol. The first-order valence-electron chi connectivity index (χ1n) is 4.96. The van der Waals surface area contributed by atoms with Gasteiger partial charge in [-0.1, -0.05) is 6.42 Å². The number of hydrogen-bond donors (Lipinski definition) is 1. The lowest BCUT2D eigenvalue weighted by atomic mass is 9.87. The lowest BCUT2D eigenvalue weighted by Crippen LogP contribution is -3.00. The Balaban J connectivity index is 0.00000144. The maximum atomic E-state index is 9.47. The van der Waals surface area contributed by atoms with E-state index in [-0.39, 0.29) is 30.1 Å². The van der Waals surface area contributed by atoms with Crippen LogP contribution in [-0.4, -0.2) is 43.4 Å². The molecule has 0 aromatic heterocycles. The van der Waals surface area contributed by atoms with Crippen LogP contribution in [0.5, 0.6) is 0 Å². The monoisotopic (exact) mass is 299 g/mol. The third-order valence-corrected chi connectivity index (χ3v) is 2.56. The van der Waals surface area contributed by atoms with E-state index in [4.69, 9.17) is 0 Å². The van der Waals surface area contributed by atoms with E-state index in [0.29, 0.717) is 0 Å². The van der Waals surface area contributed by atoms with Gasteiger partial charge in [-0.15, -0.1) is 0 Å². The minimum Gasteiger partial charge on any atom is -1.00 e. The molecule has 1 aliphatic carbocycles. The van der Waals surface area contributed by atoms with Crippen molar-refractivity contribution in [3.8, 4) is 0 Å². The summed E-state index contributed by atoms with van der Waals surface area (Å²) in [6, 6.07) is 0. The quantitative estimate of drug-likeness (QED) is 0.473.